The molecule has 0 aliphatic carbocycles. The molecule has 0 aromatic heterocycles. The fourth-order valence-electron chi connectivity index (χ4n) is 2.88. The first-order valence-electron chi connectivity index (χ1n) is 10.4. The van der Waals surface area contributed by atoms with E-state index >= 15 is 0 Å². The Hall–Kier alpha value is -0.810. The molecule has 9 heteroatoms. The number of rotatable bonds is 16. The number of nitrogens with one attached hydrogen (secondary N) is 1. The molecule has 0 heterocycles. The van der Waals surface area contributed by atoms with E-state index in [2.05, 4.69) is 35.9 Å². The monoisotopic (exact) mass is 405 g/mol. The van der Waals surface area contributed by atoms with Gasteiger partial charge < -0.3 is 33.4 Å². The number of carbonyl (C=O) groups is 1. The Kier molecular flexibility index (Phi) is 20.5. The fraction of sp³-hybridized carbons (Fsp3) is 0.947. The van der Waals surface area contributed by atoms with Crippen molar-refractivity contribution in [2.45, 2.75) is 51.6 Å². The lowest BCUT2D eigenvalue weighted by atomic mass is 10.1. The summed E-state index contributed by atoms with van der Waals surface area (Å²) in [5, 5.41) is 10.4. The highest BCUT2D eigenvalue weighted by molar-refractivity contribution is 5.32. The number of nitrogens with zero attached hydrogens (tertiary/aromatic N) is 2. The molecule has 0 fully saturated rings. The summed E-state index contributed by atoms with van der Waals surface area (Å²) in [4.78, 5) is 13.0. The van der Waals surface area contributed by atoms with E-state index in [1.54, 1.807) is 0 Å². The average molecular weight is 406 g/mol. The number of hydrogen-bond donors (Lipinski definition) is 6. The number of nitrogens with two attached hydrogens (primary N) is 4. The predicted molar refractivity (Wildman–Crippen MR) is 118 cm³/mol. The maximum atomic E-state index is 8.36. The van der Waals surface area contributed by atoms with E-state index in [-0.39, 0.29) is 18.1 Å². The third kappa shape index (κ3) is 21.5. The van der Waals surface area contributed by atoms with Crippen LogP contribution in [0.5, 0.6) is 0 Å². The third-order valence-corrected chi connectivity index (χ3v) is 4.22. The second-order valence-electron chi connectivity index (χ2n) is 8.05. The molecule has 10 N–H and O–H groups in total. The Morgan fingerprint density at radius 1 is 0.929 bits per heavy atom. The lowest BCUT2D eigenvalue weighted by molar-refractivity contribution is -0.122. The Bertz CT molecular complexity index is 335. The zero-order chi connectivity index (χ0) is 21.8. The molecule has 0 rings (SSSR count). The van der Waals surface area contributed by atoms with Crippen molar-refractivity contribution in [3.05, 3.63) is 0 Å². The van der Waals surface area contributed by atoms with Crippen LogP contribution in [-0.2, 0) is 4.79 Å². The lowest BCUT2D eigenvalue weighted by Gasteiger charge is -2.29. The quantitative estimate of drug-likeness (QED) is 0.140. The second-order valence-corrected chi connectivity index (χ2v) is 8.05. The van der Waals surface area contributed by atoms with Crippen LogP contribution in [0, 0.1) is 0 Å². The highest BCUT2D eigenvalue weighted by Gasteiger charge is 2.12. The van der Waals surface area contributed by atoms with Crippen molar-refractivity contribution < 1.29 is 9.90 Å². The van der Waals surface area contributed by atoms with Crippen LogP contribution in [0.15, 0.2) is 0 Å². The van der Waals surface area contributed by atoms with E-state index in [4.69, 9.17) is 32.8 Å². The van der Waals surface area contributed by atoms with Crippen molar-refractivity contribution in [2.24, 2.45) is 22.9 Å². The van der Waals surface area contributed by atoms with Crippen LogP contribution in [0.3, 0.4) is 0 Å². The molecule has 1 atom stereocenters. The highest BCUT2D eigenvalue weighted by atomic mass is 16.3. The molecule has 1 unspecified atom stereocenters. The van der Waals surface area contributed by atoms with E-state index in [1.165, 1.54) is 6.42 Å². The lowest BCUT2D eigenvalue weighted by Crippen LogP contribution is -2.45. The summed E-state index contributed by atoms with van der Waals surface area (Å²) in [6.07, 6.45) is 3.39. The van der Waals surface area contributed by atoms with Crippen LogP contribution in [0.2, 0.25) is 0 Å². The Morgan fingerprint density at radius 3 is 1.86 bits per heavy atom. The van der Waals surface area contributed by atoms with E-state index < -0.39 is 0 Å². The van der Waals surface area contributed by atoms with Crippen molar-refractivity contribution in [3.63, 3.8) is 0 Å². The summed E-state index contributed by atoms with van der Waals surface area (Å²) in [5.74, 6) is 0. The second kappa shape index (κ2) is 19.5. The molecule has 170 valence electrons. The smallest absolute Gasteiger partial charge is 0.290 e. The molecule has 9 nitrogen and oxygen atoms in total. The highest BCUT2D eigenvalue weighted by Crippen LogP contribution is 2.04. The van der Waals surface area contributed by atoms with Crippen LogP contribution in [0.25, 0.3) is 0 Å². The van der Waals surface area contributed by atoms with E-state index in [0.29, 0.717) is 19.6 Å². The van der Waals surface area contributed by atoms with Crippen LogP contribution >= 0.6 is 0 Å². The first-order valence-corrected chi connectivity index (χ1v) is 10.4. The van der Waals surface area contributed by atoms with Gasteiger partial charge in [0, 0.05) is 70.5 Å². The summed E-state index contributed by atoms with van der Waals surface area (Å²) in [7, 11) is 0. The van der Waals surface area contributed by atoms with Gasteiger partial charge in [0.05, 0.1) is 0 Å². The Morgan fingerprint density at radius 2 is 1.39 bits per heavy atom. The molecule has 0 radical (unpaired) electrons. The molecule has 0 saturated carbocycles. The van der Waals surface area contributed by atoms with Gasteiger partial charge in [-0.1, -0.05) is 6.42 Å². The maximum Gasteiger partial charge on any atom is 0.290 e. The Balaban J connectivity index is 0. The molecule has 28 heavy (non-hydrogen) atoms. The molecule has 0 aliphatic heterocycles. The van der Waals surface area contributed by atoms with E-state index in [1.807, 2.05) is 0 Å². The van der Waals surface area contributed by atoms with Gasteiger partial charge in [0.25, 0.3) is 6.47 Å². The van der Waals surface area contributed by atoms with Gasteiger partial charge in [0.1, 0.15) is 0 Å². The van der Waals surface area contributed by atoms with Gasteiger partial charge in [0.2, 0.25) is 0 Å². The average Bonchev–Trinajstić information content (AvgIpc) is 2.59. The maximum absolute atomic E-state index is 8.36. The van der Waals surface area contributed by atoms with Gasteiger partial charge in [-0.3, -0.25) is 14.6 Å². The van der Waals surface area contributed by atoms with Crippen molar-refractivity contribution >= 4 is 6.47 Å². The number of hydrogen-bond acceptors (Lipinski definition) is 8. The largest absolute Gasteiger partial charge is 0.483 e. The molecule has 0 saturated heterocycles. The first-order chi connectivity index (χ1) is 13.2. The predicted octanol–water partition coefficient (Wildman–Crippen LogP) is -0.947. The number of carboxylic acid groups (broad SMARTS) is 1. The van der Waals surface area contributed by atoms with Gasteiger partial charge in [-0.05, 0) is 40.2 Å². The molecule has 0 aromatic rings. The van der Waals surface area contributed by atoms with Gasteiger partial charge in [-0.2, -0.15) is 0 Å². The van der Waals surface area contributed by atoms with Crippen LogP contribution < -0.4 is 28.3 Å². The standard InChI is InChI=1S/C18H45N7.CH2O2/c1-18(2,3)23-10-5-4-6-17(22)16-25(13-9-21)15-14-24(11-7-19)12-8-20;2-1-3/h17,23H,4-16,19-22H2,1-3H3;1H,(H,2,3). The number of unbranched alkanes of at least 4 members (excludes halogenated alkanes) is 1. The van der Waals surface area contributed by atoms with E-state index in [0.717, 1.165) is 58.7 Å². The molecule has 0 bridgehead atoms. The summed E-state index contributed by atoms with van der Waals surface area (Å²) < 4.78 is 0. The van der Waals surface area contributed by atoms with Gasteiger partial charge in [0.15, 0.2) is 0 Å². The summed E-state index contributed by atoms with van der Waals surface area (Å²) in [6, 6.07) is 0.207. The zero-order valence-electron chi connectivity index (χ0n) is 18.4. The first kappa shape index (κ1) is 29.4. The SMILES string of the molecule is CC(C)(C)NCCCCC(N)CN(CCN)CCN(CCN)CCN.O=CO. The Labute approximate surface area is 172 Å². The topological polar surface area (TPSA) is 160 Å². The molecular weight excluding hydrogens is 358 g/mol. The minimum atomic E-state index is -0.250. The van der Waals surface area contributed by atoms with Crippen molar-refractivity contribution in [2.75, 3.05) is 65.4 Å². The molecular formula is C19H47N7O2. The summed E-state index contributed by atoms with van der Waals surface area (Å²) in [5.41, 5.74) is 23.6. The minimum Gasteiger partial charge on any atom is -0.483 e. The zero-order valence-corrected chi connectivity index (χ0v) is 18.4. The normalized spacial score (nSPS) is 12.8. The van der Waals surface area contributed by atoms with Crippen LogP contribution in [-0.4, -0.2) is 98.4 Å². The van der Waals surface area contributed by atoms with Crippen molar-refractivity contribution in [1.82, 2.24) is 15.1 Å². The van der Waals surface area contributed by atoms with E-state index in [9.17, 15) is 0 Å². The van der Waals surface area contributed by atoms with Crippen molar-refractivity contribution in [3.8, 4) is 0 Å². The molecule has 0 spiro atoms. The van der Waals surface area contributed by atoms with Gasteiger partial charge in [-0.25, -0.2) is 0 Å². The minimum absolute atomic E-state index is 0.193. The summed E-state index contributed by atoms with van der Waals surface area (Å²) >= 11 is 0. The van der Waals surface area contributed by atoms with Crippen LogP contribution in [0.4, 0.5) is 0 Å². The molecule has 0 aliphatic rings. The fourth-order valence-corrected chi connectivity index (χ4v) is 2.88. The summed E-state index contributed by atoms with van der Waals surface area (Å²) in [6.45, 7) is 14.9. The molecule has 0 amide bonds. The molecule has 0 aromatic carbocycles. The third-order valence-electron chi connectivity index (χ3n) is 4.22. The van der Waals surface area contributed by atoms with Crippen molar-refractivity contribution in [1.29, 1.82) is 0 Å². The van der Waals surface area contributed by atoms with Gasteiger partial charge >= 0.3 is 0 Å². The van der Waals surface area contributed by atoms with Crippen LogP contribution in [0.1, 0.15) is 40.0 Å². The van der Waals surface area contributed by atoms with Gasteiger partial charge in [-0.15, -0.1) is 0 Å².